The van der Waals surface area contributed by atoms with Crippen LogP contribution in [0.25, 0.3) is 0 Å². The summed E-state index contributed by atoms with van der Waals surface area (Å²) >= 11 is 0. The number of hydrogen-bond acceptors (Lipinski definition) is 2. The van der Waals surface area contributed by atoms with Crippen LogP contribution in [0.3, 0.4) is 0 Å². The lowest BCUT2D eigenvalue weighted by molar-refractivity contribution is -0.0561. The summed E-state index contributed by atoms with van der Waals surface area (Å²) in [5.41, 5.74) is 2.38. The molecule has 1 N–H and O–H groups in total. The lowest BCUT2D eigenvalue weighted by Gasteiger charge is -2.45. The molecule has 0 radical (unpaired) electrons. The zero-order valence-corrected chi connectivity index (χ0v) is 11.2. The van der Waals surface area contributed by atoms with E-state index in [4.69, 9.17) is 5.41 Å². The predicted molar refractivity (Wildman–Crippen MR) is 73.4 cm³/mol. The fourth-order valence-electron chi connectivity index (χ4n) is 3.35. The molecule has 1 fully saturated rings. The van der Waals surface area contributed by atoms with Gasteiger partial charge in [0, 0.05) is 17.6 Å². The lowest BCUT2D eigenvalue weighted by Crippen LogP contribution is -2.54. The fourth-order valence-corrected chi connectivity index (χ4v) is 3.35. The van der Waals surface area contributed by atoms with Crippen LogP contribution in [-0.4, -0.2) is 27.9 Å². The molecule has 2 heterocycles. The van der Waals surface area contributed by atoms with Crippen molar-refractivity contribution in [3.8, 4) is 0 Å². The highest BCUT2D eigenvalue weighted by Gasteiger charge is 2.35. The van der Waals surface area contributed by atoms with Crippen LogP contribution in [0.5, 0.6) is 0 Å². The van der Waals surface area contributed by atoms with E-state index in [1.165, 1.54) is 24.8 Å². The Morgan fingerprint density at radius 2 is 1.78 bits per heavy atom. The van der Waals surface area contributed by atoms with Crippen LogP contribution in [0, 0.1) is 5.41 Å². The first-order chi connectivity index (χ1) is 8.68. The molecular weight excluding hydrogens is 222 g/mol. The van der Waals surface area contributed by atoms with Gasteiger partial charge >= 0.3 is 0 Å². The molecule has 1 aromatic carbocycles. The third kappa shape index (κ3) is 1.74. The number of fused-ring (bicyclic) bond motifs is 1. The van der Waals surface area contributed by atoms with Crippen molar-refractivity contribution in [3.63, 3.8) is 0 Å². The topological polar surface area (TPSA) is 30.3 Å². The van der Waals surface area contributed by atoms with Gasteiger partial charge in [-0.05, 0) is 32.3 Å². The van der Waals surface area contributed by atoms with E-state index in [0.717, 1.165) is 12.1 Å². The monoisotopic (exact) mass is 243 g/mol. The molecule has 2 aliphatic heterocycles. The molecule has 0 aromatic heterocycles. The average molecular weight is 243 g/mol. The molecule has 1 saturated heterocycles. The van der Waals surface area contributed by atoms with E-state index in [1.54, 1.807) is 0 Å². The molecule has 0 saturated carbocycles. The summed E-state index contributed by atoms with van der Waals surface area (Å²) in [6, 6.07) is 9.39. The Kier molecular flexibility index (Phi) is 2.86. The Balaban J connectivity index is 1.89. The van der Waals surface area contributed by atoms with Crippen LogP contribution < -0.4 is 0 Å². The number of amidine groups is 1. The quantitative estimate of drug-likeness (QED) is 0.822. The van der Waals surface area contributed by atoms with Crippen molar-refractivity contribution in [2.24, 2.45) is 0 Å². The Morgan fingerprint density at radius 3 is 2.44 bits per heavy atom. The number of benzene rings is 1. The number of hydrogen-bond donors (Lipinski definition) is 1. The first-order valence-corrected chi connectivity index (χ1v) is 6.91. The maximum absolute atomic E-state index is 8.39. The minimum absolute atomic E-state index is 0.545. The molecule has 3 rings (SSSR count). The van der Waals surface area contributed by atoms with Gasteiger partial charge in [0.2, 0.25) is 0 Å². The summed E-state index contributed by atoms with van der Waals surface area (Å²) in [4.78, 5) is 0. The van der Waals surface area contributed by atoms with Gasteiger partial charge in [0.05, 0.1) is 6.54 Å². The molecule has 2 aliphatic rings. The second-order valence-corrected chi connectivity index (χ2v) is 5.57. The largest absolute Gasteiger partial charge is 0.284 e. The zero-order valence-electron chi connectivity index (χ0n) is 11.2. The third-order valence-electron chi connectivity index (χ3n) is 4.28. The van der Waals surface area contributed by atoms with Crippen molar-refractivity contribution in [2.45, 2.75) is 51.7 Å². The molecule has 18 heavy (non-hydrogen) atoms. The number of rotatable bonds is 1. The van der Waals surface area contributed by atoms with E-state index in [1.807, 2.05) is 6.07 Å². The lowest BCUT2D eigenvalue weighted by atomic mass is 9.99. The van der Waals surface area contributed by atoms with Gasteiger partial charge in [0.15, 0.2) is 0 Å². The van der Waals surface area contributed by atoms with Crippen LogP contribution in [0.1, 0.15) is 44.2 Å². The van der Waals surface area contributed by atoms with Crippen molar-refractivity contribution < 1.29 is 0 Å². The van der Waals surface area contributed by atoms with Crippen molar-refractivity contribution in [2.75, 3.05) is 0 Å². The Morgan fingerprint density at radius 1 is 1.11 bits per heavy atom. The number of nitrogens with one attached hydrogen (secondary N) is 1. The second kappa shape index (κ2) is 4.39. The number of nitrogens with zero attached hydrogens (tertiary/aromatic N) is 2. The Labute approximate surface area is 109 Å². The van der Waals surface area contributed by atoms with Crippen LogP contribution in [0.2, 0.25) is 0 Å². The van der Waals surface area contributed by atoms with E-state index >= 15 is 0 Å². The molecule has 0 amide bonds. The maximum atomic E-state index is 8.39. The minimum Gasteiger partial charge on any atom is -0.284 e. The van der Waals surface area contributed by atoms with Gasteiger partial charge in [-0.1, -0.05) is 30.7 Å². The van der Waals surface area contributed by atoms with E-state index in [9.17, 15) is 0 Å². The van der Waals surface area contributed by atoms with Crippen LogP contribution >= 0.6 is 0 Å². The molecule has 0 spiro atoms. The molecule has 96 valence electrons. The van der Waals surface area contributed by atoms with Crippen molar-refractivity contribution in [3.05, 3.63) is 35.4 Å². The van der Waals surface area contributed by atoms with E-state index < -0.39 is 0 Å². The van der Waals surface area contributed by atoms with Gasteiger partial charge in [-0.3, -0.25) is 10.4 Å². The molecule has 3 heteroatoms. The van der Waals surface area contributed by atoms with Crippen LogP contribution in [0.15, 0.2) is 24.3 Å². The zero-order chi connectivity index (χ0) is 12.7. The highest BCUT2D eigenvalue weighted by Crippen LogP contribution is 2.31. The normalized spacial score (nSPS) is 28.6. The van der Waals surface area contributed by atoms with Crippen molar-refractivity contribution in [1.29, 1.82) is 5.41 Å². The molecule has 1 aromatic rings. The molecule has 2 unspecified atom stereocenters. The highest BCUT2D eigenvalue weighted by atomic mass is 15.7. The van der Waals surface area contributed by atoms with Crippen molar-refractivity contribution in [1.82, 2.24) is 10.0 Å². The van der Waals surface area contributed by atoms with Gasteiger partial charge in [-0.15, -0.1) is 0 Å². The first-order valence-electron chi connectivity index (χ1n) is 6.91. The van der Waals surface area contributed by atoms with Gasteiger partial charge < -0.3 is 0 Å². The molecule has 0 aliphatic carbocycles. The van der Waals surface area contributed by atoms with E-state index in [-0.39, 0.29) is 0 Å². The Hall–Kier alpha value is -1.35. The SMILES string of the molecule is CC1CCCC(C)N1N1Cc2ccccc2C1=N. The van der Waals surface area contributed by atoms with Crippen molar-refractivity contribution >= 4 is 5.84 Å². The van der Waals surface area contributed by atoms with Crippen LogP contribution in [0.4, 0.5) is 0 Å². The molecule has 2 atom stereocenters. The van der Waals surface area contributed by atoms with Gasteiger partial charge in [0.25, 0.3) is 0 Å². The predicted octanol–water partition coefficient (Wildman–Crippen LogP) is 3.01. The minimum atomic E-state index is 0.545. The standard InChI is InChI=1S/C15H21N3/c1-11-6-5-7-12(2)18(11)17-10-13-8-3-4-9-14(13)15(17)16/h3-4,8-9,11-12,16H,5-7,10H2,1-2H3. The highest BCUT2D eigenvalue weighted by molar-refractivity contribution is 5.99. The smallest absolute Gasteiger partial charge is 0.143 e. The van der Waals surface area contributed by atoms with E-state index in [0.29, 0.717) is 17.9 Å². The Bertz CT molecular complexity index is 459. The maximum Gasteiger partial charge on any atom is 0.143 e. The first kappa shape index (κ1) is 11.7. The van der Waals surface area contributed by atoms with Crippen LogP contribution in [-0.2, 0) is 6.54 Å². The fraction of sp³-hybridized carbons (Fsp3) is 0.533. The number of piperidine rings is 1. The van der Waals surface area contributed by atoms with Gasteiger partial charge in [-0.25, -0.2) is 5.01 Å². The molecule has 3 nitrogen and oxygen atoms in total. The summed E-state index contributed by atoms with van der Waals surface area (Å²) < 4.78 is 0. The summed E-state index contributed by atoms with van der Waals surface area (Å²) in [6.45, 7) is 5.43. The molecule has 0 bridgehead atoms. The summed E-state index contributed by atoms with van der Waals surface area (Å²) in [6.07, 6.45) is 3.79. The van der Waals surface area contributed by atoms with E-state index in [2.05, 4.69) is 42.1 Å². The summed E-state index contributed by atoms with van der Waals surface area (Å²) in [5, 5.41) is 13.0. The van der Waals surface area contributed by atoms with Gasteiger partial charge in [0.1, 0.15) is 5.84 Å². The summed E-state index contributed by atoms with van der Waals surface area (Å²) in [7, 11) is 0. The molecular formula is C15H21N3. The number of hydrazine groups is 1. The van der Waals surface area contributed by atoms with Gasteiger partial charge in [-0.2, -0.15) is 0 Å². The third-order valence-corrected chi connectivity index (χ3v) is 4.28. The average Bonchev–Trinajstić information content (AvgIpc) is 2.68. The second-order valence-electron chi connectivity index (χ2n) is 5.57. The summed E-state index contributed by atoms with van der Waals surface area (Å²) in [5.74, 6) is 0.672.